The molecule has 2 aromatic carbocycles. The molecule has 3 radical (unpaired) electrons. The molecule has 4 rings (SSSR count). The minimum atomic E-state index is -4.39. The summed E-state index contributed by atoms with van der Waals surface area (Å²) in [4.78, 5) is 5.31. The average molecular weight is 753 g/mol. The molecular weight excluding hydrogens is 704 g/mol. The fourth-order valence-corrected chi connectivity index (χ4v) is 6.16. The molecule has 2 heterocycles. The Morgan fingerprint density at radius 1 is 1.16 bits per heavy atom. The Morgan fingerprint density at radius 2 is 1.87 bits per heavy atom. The van der Waals surface area contributed by atoms with Gasteiger partial charge in [0, 0.05) is 28.6 Å². The third kappa shape index (κ3) is 10.1. The molecule has 1 aromatic heterocycles. The van der Waals surface area contributed by atoms with E-state index in [1.54, 1.807) is 41.8 Å². The molecule has 0 aliphatic carbocycles. The number of rotatable bonds is 8. The van der Waals surface area contributed by atoms with Crippen LogP contribution in [0.3, 0.4) is 0 Å². The van der Waals surface area contributed by atoms with Crippen LogP contribution in [0.4, 0.5) is 24.5 Å². The normalized spacial score (nSPS) is 20.0. The molecule has 3 atom stereocenters. The molecule has 1 aliphatic heterocycles. The second kappa shape index (κ2) is 18.2. The minimum absolute atomic E-state index is 0.0395. The fourth-order valence-electron chi connectivity index (χ4n) is 5.84. The van der Waals surface area contributed by atoms with Gasteiger partial charge in [-0.25, -0.2) is 0 Å². The maximum atomic E-state index is 13.7. The van der Waals surface area contributed by atoms with Crippen LogP contribution in [-0.4, -0.2) is 85.0 Å². The van der Waals surface area contributed by atoms with Crippen LogP contribution in [0.2, 0.25) is 4.94 Å². The maximum absolute atomic E-state index is 13.7. The molecule has 0 spiro atoms. The van der Waals surface area contributed by atoms with Crippen molar-refractivity contribution in [2.75, 3.05) is 51.5 Å². The van der Waals surface area contributed by atoms with Gasteiger partial charge in [0.25, 0.3) is 0 Å². The van der Waals surface area contributed by atoms with Gasteiger partial charge >= 0.3 is 33.6 Å². The summed E-state index contributed by atoms with van der Waals surface area (Å²) in [5.74, 6) is 7.06. The van der Waals surface area contributed by atoms with E-state index in [4.69, 9.17) is 9.88 Å². The number of aromatic nitrogens is 1. The first kappa shape index (κ1) is 38.9. The van der Waals surface area contributed by atoms with Crippen LogP contribution in [0.5, 0.6) is 5.75 Å². The summed E-state index contributed by atoms with van der Waals surface area (Å²) in [6, 6.07) is 13.0. The molecular formula is C33H48F3N6OSSn. The number of hydrogen-bond donors (Lipinski definition) is 4. The Hall–Kier alpha value is -2.24. The number of hydrogen-bond acceptors (Lipinski definition) is 7. The predicted molar refractivity (Wildman–Crippen MR) is 185 cm³/mol. The number of nitrogens with two attached hydrogens (primary N) is 2. The Kier molecular flexibility index (Phi) is 15.7. The molecule has 12 heteroatoms. The molecule has 1 saturated heterocycles. The van der Waals surface area contributed by atoms with E-state index in [9.17, 15) is 13.2 Å². The van der Waals surface area contributed by atoms with Gasteiger partial charge in [-0.15, -0.1) is 0 Å². The molecule has 6 N–H and O–H groups in total. The summed E-state index contributed by atoms with van der Waals surface area (Å²) >= 11 is 2.67. The zero-order valence-electron chi connectivity index (χ0n) is 27.4. The first-order valence-corrected chi connectivity index (χ1v) is 18.7. The van der Waals surface area contributed by atoms with Crippen LogP contribution in [0, 0.1) is 23.2 Å². The molecule has 3 aromatic rings. The van der Waals surface area contributed by atoms with Gasteiger partial charge in [0.2, 0.25) is 0 Å². The van der Waals surface area contributed by atoms with Gasteiger partial charge in [-0.3, -0.25) is 5.14 Å². The molecule has 45 heavy (non-hydrogen) atoms. The molecule has 2 unspecified atom stereocenters. The number of halogens is 3. The van der Waals surface area contributed by atoms with E-state index in [0.717, 1.165) is 59.5 Å². The SMILES string of the molecule is CCC1(C)C(Nc2cccc3c2cc(C#CCNc2ccc(SN)cc2OC)n3CC(F)(F)F)CCN(C)C[C@H]1C.CN.[CH3][Sn]. The zero-order valence-corrected chi connectivity index (χ0v) is 31.1. The number of fused-ring (bicyclic) bond motifs is 1. The number of nitrogens with one attached hydrogen (secondary N) is 2. The summed E-state index contributed by atoms with van der Waals surface area (Å²) in [7, 11) is 5.21. The van der Waals surface area contributed by atoms with Crippen molar-refractivity contribution in [1.82, 2.24) is 9.47 Å². The Morgan fingerprint density at radius 3 is 2.49 bits per heavy atom. The van der Waals surface area contributed by atoms with E-state index in [1.807, 2.05) is 30.3 Å². The van der Waals surface area contributed by atoms with Crippen molar-refractivity contribution in [2.45, 2.75) is 62.2 Å². The Labute approximate surface area is 284 Å². The van der Waals surface area contributed by atoms with Crippen LogP contribution in [0.1, 0.15) is 39.3 Å². The number of likely N-dealkylation sites (tertiary alicyclic amines) is 1. The van der Waals surface area contributed by atoms with E-state index < -0.39 is 12.7 Å². The van der Waals surface area contributed by atoms with Crippen LogP contribution < -0.4 is 26.2 Å². The van der Waals surface area contributed by atoms with Crippen molar-refractivity contribution in [1.29, 1.82) is 0 Å². The third-order valence-corrected chi connectivity index (χ3v) is 9.10. The Balaban J connectivity index is 0.00000169. The zero-order chi connectivity index (χ0) is 33.8. The van der Waals surface area contributed by atoms with Gasteiger partial charge in [-0.2, -0.15) is 13.2 Å². The monoisotopic (exact) mass is 753 g/mol. The van der Waals surface area contributed by atoms with Gasteiger partial charge in [-0.1, -0.05) is 32.8 Å². The fraction of sp³-hybridized carbons (Fsp3) is 0.515. The van der Waals surface area contributed by atoms with E-state index in [2.05, 4.69) is 65.9 Å². The van der Waals surface area contributed by atoms with Gasteiger partial charge < -0.3 is 30.6 Å². The van der Waals surface area contributed by atoms with E-state index >= 15 is 0 Å². The summed E-state index contributed by atoms with van der Waals surface area (Å²) in [6.45, 7) is 7.94. The topological polar surface area (TPSA) is 93.5 Å². The number of alkyl halides is 3. The molecule has 1 aliphatic rings. The number of methoxy groups -OCH3 is 1. The standard InChI is InChI=1S/C31H40F3N5OS.CH5N.CH3.Sn/c1-6-30(3)21(2)19-38(4)16-14-29(30)37-25-10-7-11-27-24(25)17-22(39(27)20-31(32,33)34)9-8-15-36-26-13-12-23(41-35)18-28(26)40-5;1-2;;/h7,10-13,17-18,21,29,36-37H,6,14-16,19-20,35H2,1-5H3;2H2,1H3;1H3;/t21-,29?,30?;;;/m1.../s1. The van der Waals surface area contributed by atoms with Crippen LogP contribution in [-0.2, 0) is 6.54 Å². The van der Waals surface area contributed by atoms with Gasteiger partial charge in [0.05, 0.1) is 30.6 Å². The second-order valence-electron chi connectivity index (χ2n) is 11.1. The molecule has 7 nitrogen and oxygen atoms in total. The average Bonchev–Trinajstić information content (AvgIpc) is 3.33. The number of ether oxygens (including phenoxy) is 1. The second-order valence-corrected chi connectivity index (χ2v) is 11.8. The predicted octanol–water partition coefficient (Wildman–Crippen LogP) is 6.59. The van der Waals surface area contributed by atoms with Crippen molar-refractivity contribution >= 4 is 56.8 Å². The van der Waals surface area contributed by atoms with Crippen molar-refractivity contribution < 1.29 is 17.9 Å². The quantitative estimate of drug-likeness (QED) is 0.117. The van der Waals surface area contributed by atoms with E-state index in [0.29, 0.717) is 22.9 Å². The molecule has 247 valence electrons. The first-order chi connectivity index (χ1) is 21.5. The summed E-state index contributed by atoms with van der Waals surface area (Å²) in [5.41, 5.74) is 6.94. The van der Waals surface area contributed by atoms with Crippen LogP contribution >= 0.6 is 11.9 Å². The van der Waals surface area contributed by atoms with Gasteiger partial charge in [-0.05, 0) is 99.1 Å². The Bertz CT molecular complexity index is 1420. The van der Waals surface area contributed by atoms with Crippen molar-refractivity contribution in [3.63, 3.8) is 0 Å². The summed E-state index contributed by atoms with van der Waals surface area (Å²) < 4.78 is 47.8. The molecule has 1 fully saturated rings. The number of nitrogens with zero attached hydrogens (tertiary/aromatic N) is 2. The van der Waals surface area contributed by atoms with Gasteiger partial charge in [0.1, 0.15) is 12.3 Å². The molecule has 0 bridgehead atoms. The summed E-state index contributed by atoms with van der Waals surface area (Å²) in [5, 5.41) is 13.3. The van der Waals surface area contributed by atoms with Crippen molar-refractivity contribution in [3.8, 4) is 17.6 Å². The van der Waals surface area contributed by atoms with Crippen molar-refractivity contribution in [3.05, 3.63) is 48.2 Å². The number of anilines is 2. The van der Waals surface area contributed by atoms with E-state index in [-0.39, 0.29) is 18.0 Å². The van der Waals surface area contributed by atoms with Gasteiger partial charge in [0.15, 0.2) is 0 Å². The van der Waals surface area contributed by atoms with Crippen LogP contribution in [0.25, 0.3) is 10.9 Å². The van der Waals surface area contributed by atoms with Crippen LogP contribution in [0.15, 0.2) is 47.4 Å². The molecule has 0 amide bonds. The van der Waals surface area contributed by atoms with Crippen molar-refractivity contribution in [2.24, 2.45) is 22.2 Å². The van der Waals surface area contributed by atoms with E-state index in [1.165, 1.54) is 11.6 Å². The summed E-state index contributed by atoms with van der Waals surface area (Å²) in [6.07, 6.45) is -2.42. The first-order valence-electron chi connectivity index (χ1n) is 15.0. The third-order valence-electron chi connectivity index (χ3n) is 8.57. The number of benzene rings is 2. The molecule has 0 saturated carbocycles.